The summed E-state index contributed by atoms with van der Waals surface area (Å²) in [5, 5.41) is 9.64. The van der Waals surface area contributed by atoms with Crippen molar-refractivity contribution >= 4 is 0 Å². The summed E-state index contributed by atoms with van der Waals surface area (Å²) in [6, 6.07) is 10.7. The fourth-order valence-electron chi connectivity index (χ4n) is 2.41. The third-order valence-electron chi connectivity index (χ3n) is 3.40. The van der Waals surface area contributed by atoms with Gasteiger partial charge in [-0.2, -0.15) is 0 Å². The van der Waals surface area contributed by atoms with Gasteiger partial charge in [-0.3, -0.25) is 0 Å². The molecule has 3 atom stereocenters. The van der Waals surface area contributed by atoms with Crippen LogP contribution in [0.2, 0.25) is 0 Å². The molecule has 1 nitrogen and oxygen atoms in total. The maximum atomic E-state index is 9.64. The molecule has 0 amide bonds. The summed E-state index contributed by atoms with van der Waals surface area (Å²) in [4.78, 5) is 0. The van der Waals surface area contributed by atoms with Gasteiger partial charge in [0, 0.05) is 0 Å². The van der Waals surface area contributed by atoms with Gasteiger partial charge in [-0.15, -0.1) is 0 Å². The molecule has 1 saturated carbocycles. The molecule has 14 heavy (non-hydrogen) atoms. The van der Waals surface area contributed by atoms with E-state index in [-0.39, 0.29) is 6.10 Å². The highest BCUT2D eigenvalue weighted by Crippen LogP contribution is 2.35. The number of aliphatic hydroxyl groups is 1. The maximum Gasteiger partial charge on any atom is 0.0566 e. The quantitative estimate of drug-likeness (QED) is 0.722. The molecule has 1 heteroatoms. The average molecular weight is 190 g/mol. The second-order valence-corrected chi connectivity index (χ2v) is 4.47. The minimum atomic E-state index is -0.0741. The molecule has 76 valence electrons. The van der Waals surface area contributed by atoms with E-state index in [2.05, 4.69) is 37.3 Å². The molecule has 0 radical (unpaired) electrons. The van der Waals surface area contributed by atoms with E-state index in [1.54, 1.807) is 0 Å². The second kappa shape index (κ2) is 4.14. The first-order valence-electron chi connectivity index (χ1n) is 5.50. The fourth-order valence-corrected chi connectivity index (χ4v) is 2.41. The third kappa shape index (κ3) is 1.98. The predicted molar refractivity (Wildman–Crippen MR) is 58.2 cm³/mol. The molecule has 0 spiro atoms. The molecule has 1 aliphatic rings. The van der Waals surface area contributed by atoms with E-state index in [0.29, 0.717) is 11.8 Å². The molecule has 0 aromatic heterocycles. The Labute approximate surface area is 85.8 Å². The molecular weight excluding hydrogens is 172 g/mol. The molecule has 1 aliphatic carbocycles. The molecule has 0 bridgehead atoms. The van der Waals surface area contributed by atoms with E-state index in [1.807, 2.05) is 0 Å². The molecule has 1 aromatic rings. The van der Waals surface area contributed by atoms with Crippen LogP contribution in [0.15, 0.2) is 30.3 Å². The first kappa shape index (κ1) is 9.72. The van der Waals surface area contributed by atoms with Gasteiger partial charge in [0.05, 0.1) is 6.10 Å². The lowest BCUT2D eigenvalue weighted by Gasteiger charge is -2.31. The number of rotatable bonds is 1. The Hall–Kier alpha value is -0.820. The van der Waals surface area contributed by atoms with Gasteiger partial charge in [-0.1, -0.05) is 37.3 Å². The third-order valence-corrected chi connectivity index (χ3v) is 3.40. The number of hydrogen-bond donors (Lipinski definition) is 1. The lowest BCUT2D eigenvalue weighted by Crippen LogP contribution is -2.25. The van der Waals surface area contributed by atoms with Gasteiger partial charge in [0.25, 0.3) is 0 Å². The minimum absolute atomic E-state index is 0.0741. The van der Waals surface area contributed by atoms with Crippen LogP contribution in [0.5, 0.6) is 0 Å². The Balaban J connectivity index is 2.07. The van der Waals surface area contributed by atoms with Crippen LogP contribution >= 0.6 is 0 Å². The van der Waals surface area contributed by atoms with Crippen LogP contribution in [0.4, 0.5) is 0 Å². The van der Waals surface area contributed by atoms with Crippen molar-refractivity contribution in [3.05, 3.63) is 35.9 Å². The van der Waals surface area contributed by atoms with Gasteiger partial charge in [0.15, 0.2) is 0 Å². The van der Waals surface area contributed by atoms with Crippen LogP contribution < -0.4 is 0 Å². The van der Waals surface area contributed by atoms with Crippen LogP contribution in [0.3, 0.4) is 0 Å². The smallest absolute Gasteiger partial charge is 0.0566 e. The Morgan fingerprint density at radius 2 is 1.86 bits per heavy atom. The maximum absolute atomic E-state index is 9.64. The summed E-state index contributed by atoms with van der Waals surface area (Å²) >= 11 is 0. The van der Waals surface area contributed by atoms with Crippen molar-refractivity contribution in [3.63, 3.8) is 0 Å². The summed E-state index contributed by atoms with van der Waals surface area (Å²) in [7, 11) is 0. The molecule has 0 aliphatic heterocycles. The van der Waals surface area contributed by atoms with Gasteiger partial charge in [0.2, 0.25) is 0 Å². The highest BCUT2D eigenvalue weighted by molar-refractivity contribution is 5.20. The van der Waals surface area contributed by atoms with Crippen LogP contribution in [-0.4, -0.2) is 11.2 Å². The van der Waals surface area contributed by atoms with Gasteiger partial charge in [-0.25, -0.2) is 0 Å². The minimum Gasteiger partial charge on any atom is -0.393 e. The largest absolute Gasteiger partial charge is 0.393 e. The Morgan fingerprint density at radius 1 is 1.14 bits per heavy atom. The molecule has 1 N–H and O–H groups in total. The van der Waals surface area contributed by atoms with E-state index in [1.165, 1.54) is 5.56 Å². The summed E-state index contributed by atoms with van der Waals surface area (Å²) in [5.41, 5.74) is 1.44. The molecule has 0 saturated heterocycles. The van der Waals surface area contributed by atoms with Gasteiger partial charge >= 0.3 is 0 Å². The van der Waals surface area contributed by atoms with Gasteiger partial charge < -0.3 is 5.11 Å². The predicted octanol–water partition coefficient (Wildman–Crippen LogP) is 2.95. The normalized spacial score (nSPS) is 32.9. The zero-order chi connectivity index (χ0) is 9.97. The van der Waals surface area contributed by atoms with Gasteiger partial charge in [0.1, 0.15) is 0 Å². The van der Waals surface area contributed by atoms with E-state index in [0.717, 1.165) is 19.3 Å². The van der Waals surface area contributed by atoms with Gasteiger partial charge in [-0.05, 0) is 36.7 Å². The molecule has 1 aromatic carbocycles. The Kier molecular flexibility index (Phi) is 2.87. The lowest BCUT2D eigenvalue weighted by molar-refractivity contribution is 0.0712. The lowest BCUT2D eigenvalue weighted by atomic mass is 9.77. The van der Waals surface area contributed by atoms with Crippen molar-refractivity contribution < 1.29 is 5.11 Å². The zero-order valence-corrected chi connectivity index (χ0v) is 8.69. The van der Waals surface area contributed by atoms with Crippen molar-refractivity contribution in [1.82, 2.24) is 0 Å². The molecule has 0 heterocycles. The topological polar surface area (TPSA) is 20.2 Å². The molecule has 1 fully saturated rings. The highest BCUT2D eigenvalue weighted by atomic mass is 16.3. The Bertz CT molecular complexity index is 281. The van der Waals surface area contributed by atoms with E-state index >= 15 is 0 Å². The Morgan fingerprint density at radius 3 is 2.50 bits per heavy atom. The van der Waals surface area contributed by atoms with Crippen molar-refractivity contribution in [3.8, 4) is 0 Å². The van der Waals surface area contributed by atoms with E-state index in [4.69, 9.17) is 0 Å². The zero-order valence-electron chi connectivity index (χ0n) is 8.69. The standard InChI is InChI=1S/C13H18O/c1-10-9-12(7-8-13(10)14)11-5-3-2-4-6-11/h2-6,10,12-14H,7-9H2,1H3. The average Bonchev–Trinajstić information content (AvgIpc) is 2.23. The summed E-state index contributed by atoms with van der Waals surface area (Å²) in [6.45, 7) is 2.15. The first-order chi connectivity index (χ1) is 6.77. The SMILES string of the molecule is CC1CC(c2ccccc2)CCC1O. The highest BCUT2D eigenvalue weighted by Gasteiger charge is 2.26. The number of aliphatic hydroxyl groups excluding tert-OH is 1. The van der Waals surface area contributed by atoms with Crippen LogP contribution in [0, 0.1) is 5.92 Å². The summed E-state index contributed by atoms with van der Waals surface area (Å²) in [6.07, 6.45) is 3.15. The van der Waals surface area contributed by atoms with Crippen molar-refractivity contribution in [2.75, 3.05) is 0 Å². The van der Waals surface area contributed by atoms with Crippen molar-refractivity contribution in [1.29, 1.82) is 0 Å². The van der Waals surface area contributed by atoms with Crippen LogP contribution in [0.25, 0.3) is 0 Å². The molecular formula is C13H18O. The van der Waals surface area contributed by atoms with E-state index < -0.39 is 0 Å². The van der Waals surface area contributed by atoms with Crippen LogP contribution in [-0.2, 0) is 0 Å². The van der Waals surface area contributed by atoms with Crippen molar-refractivity contribution in [2.45, 2.75) is 38.2 Å². The van der Waals surface area contributed by atoms with E-state index in [9.17, 15) is 5.11 Å². The molecule has 2 rings (SSSR count). The monoisotopic (exact) mass is 190 g/mol. The molecule has 3 unspecified atom stereocenters. The first-order valence-corrected chi connectivity index (χ1v) is 5.50. The summed E-state index contributed by atoms with van der Waals surface area (Å²) in [5.74, 6) is 1.11. The fraction of sp³-hybridized carbons (Fsp3) is 0.538. The van der Waals surface area contributed by atoms with Crippen LogP contribution in [0.1, 0.15) is 37.7 Å². The van der Waals surface area contributed by atoms with Crippen molar-refractivity contribution in [2.24, 2.45) is 5.92 Å². The second-order valence-electron chi connectivity index (χ2n) is 4.47. The number of hydrogen-bond acceptors (Lipinski definition) is 1. The summed E-state index contributed by atoms with van der Waals surface area (Å²) < 4.78 is 0. The number of benzene rings is 1.